The molecule has 0 bridgehead atoms. The van der Waals surface area contributed by atoms with Gasteiger partial charge in [-0.05, 0) is 12.8 Å². The molecule has 3 heteroatoms. The number of aliphatic carboxylic acids is 1. The second-order valence-electron chi connectivity index (χ2n) is 4.42. The lowest BCUT2D eigenvalue weighted by Crippen LogP contribution is -2.18. The van der Waals surface area contributed by atoms with E-state index < -0.39 is 5.97 Å². The SMILES string of the molecule is O=C(O)CC1CCCCCCCCC1=O. The molecule has 0 aromatic heterocycles. The average molecular weight is 212 g/mol. The summed E-state index contributed by atoms with van der Waals surface area (Å²) >= 11 is 0. The molecular weight excluding hydrogens is 192 g/mol. The van der Waals surface area contributed by atoms with Gasteiger partial charge in [0.05, 0.1) is 6.42 Å². The van der Waals surface area contributed by atoms with Crippen LogP contribution in [0.5, 0.6) is 0 Å². The van der Waals surface area contributed by atoms with Crippen molar-refractivity contribution < 1.29 is 14.7 Å². The van der Waals surface area contributed by atoms with Crippen LogP contribution in [-0.2, 0) is 9.59 Å². The van der Waals surface area contributed by atoms with Gasteiger partial charge in [0.15, 0.2) is 0 Å². The Morgan fingerprint density at radius 2 is 1.73 bits per heavy atom. The number of hydrogen-bond acceptors (Lipinski definition) is 2. The van der Waals surface area contributed by atoms with Gasteiger partial charge in [-0.25, -0.2) is 0 Å². The lowest BCUT2D eigenvalue weighted by molar-refractivity contribution is -0.140. The highest BCUT2D eigenvalue weighted by molar-refractivity contribution is 5.84. The Morgan fingerprint density at radius 3 is 2.40 bits per heavy atom. The summed E-state index contributed by atoms with van der Waals surface area (Å²) in [6.45, 7) is 0. The van der Waals surface area contributed by atoms with Gasteiger partial charge in [0, 0.05) is 12.3 Å². The van der Waals surface area contributed by atoms with Gasteiger partial charge in [-0.1, -0.05) is 32.1 Å². The zero-order chi connectivity index (χ0) is 11.1. The van der Waals surface area contributed by atoms with E-state index in [1.165, 1.54) is 12.8 Å². The van der Waals surface area contributed by atoms with Gasteiger partial charge in [-0.15, -0.1) is 0 Å². The first-order chi connectivity index (χ1) is 7.20. The number of carbonyl (C=O) groups is 2. The summed E-state index contributed by atoms with van der Waals surface area (Å²) in [4.78, 5) is 22.3. The molecule has 1 N–H and O–H groups in total. The third kappa shape index (κ3) is 4.96. The fraction of sp³-hybridized carbons (Fsp3) is 0.833. The van der Waals surface area contributed by atoms with Gasteiger partial charge in [0.25, 0.3) is 0 Å². The topological polar surface area (TPSA) is 54.4 Å². The Kier molecular flexibility index (Phi) is 5.37. The van der Waals surface area contributed by atoms with Crippen LogP contribution in [0.3, 0.4) is 0 Å². The normalized spacial score (nSPS) is 24.8. The standard InChI is InChI=1S/C12H20O3/c13-11-8-6-4-2-1-3-5-7-10(11)9-12(14)15/h10H,1-9H2,(H,14,15). The first-order valence-corrected chi connectivity index (χ1v) is 5.94. The molecule has 1 rings (SSSR count). The molecule has 0 radical (unpaired) electrons. The lowest BCUT2D eigenvalue weighted by atomic mass is 9.89. The van der Waals surface area contributed by atoms with Crippen molar-refractivity contribution in [3.8, 4) is 0 Å². The second kappa shape index (κ2) is 6.59. The molecule has 0 heterocycles. The van der Waals surface area contributed by atoms with Gasteiger partial charge in [0.2, 0.25) is 0 Å². The predicted molar refractivity (Wildman–Crippen MR) is 57.7 cm³/mol. The molecule has 1 unspecified atom stereocenters. The Morgan fingerprint density at radius 1 is 1.13 bits per heavy atom. The molecule has 1 fully saturated rings. The van der Waals surface area contributed by atoms with E-state index in [2.05, 4.69) is 0 Å². The molecule has 1 aliphatic carbocycles. The van der Waals surface area contributed by atoms with Gasteiger partial charge in [0.1, 0.15) is 5.78 Å². The van der Waals surface area contributed by atoms with Crippen molar-refractivity contribution in [2.45, 2.75) is 57.8 Å². The highest BCUT2D eigenvalue weighted by Crippen LogP contribution is 2.21. The van der Waals surface area contributed by atoms with Crippen LogP contribution in [0.4, 0.5) is 0 Å². The number of carboxylic acid groups (broad SMARTS) is 1. The molecular formula is C12H20O3. The summed E-state index contributed by atoms with van der Waals surface area (Å²) in [5, 5.41) is 8.72. The van der Waals surface area contributed by atoms with Crippen LogP contribution >= 0.6 is 0 Å². The van der Waals surface area contributed by atoms with E-state index in [-0.39, 0.29) is 18.1 Å². The number of hydrogen-bond donors (Lipinski definition) is 1. The molecule has 0 aromatic rings. The number of ketones is 1. The zero-order valence-electron chi connectivity index (χ0n) is 9.21. The molecule has 0 aromatic carbocycles. The van der Waals surface area contributed by atoms with Gasteiger partial charge in [-0.3, -0.25) is 9.59 Å². The fourth-order valence-corrected chi connectivity index (χ4v) is 2.19. The van der Waals surface area contributed by atoms with Crippen molar-refractivity contribution in [1.29, 1.82) is 0 Å². The largest absolute Gasteiger partial charge is 0.481 e. The first-order valence-electron chi connectivity index (χ1n) is 5.94. The maximum Gasteiger partial charge on any atom is 0.304 e. The Balaban J connectivity index is 2.46. The van der Waals surface area contributed by atoms with Crippen LogP contribution in [0.25, 0.3) is 0 Å². The van der Waals surface area contributed by atoms with E-state index in [4.69, 9.17) is 5.11 Å². The highest BCUT2D eigenvalue weighted by atomic mass is 16.4. The van der Waals surface area contributed by atoms with Crippen LogP contribution in [-0.4, -0.2) is 16.9 Å². The molecule has 0 aliphatic heterocycles. The summed E-state index contributed by atoms with van der Waals surface area (Å²) in [5.41, 5.74) is 0. The van der Waals surface area contributed by atoms with Crippen LogP contribution in [0.1, 0.15) is 57.8 Å². The summed E-state index contributed by atoms with van der Waals surface area (Å²) in [7, 11) is 0. The number of Topliss-reactive ketones (excluding diaryl/α,β-unsaturated/α-hetero) is 1. The van der Waals surface area contributed by atoms with E-state index in [1.54, 1.807) is 0 Å². The van der Waals surface area contributed by atoms with Crippen LogP contribution in [0.2, 0.25) is 0 Å². The van der Waals surface area contributed by atoms with Crippen molar-refractivity contribution in [2.24, 2.45) is 5.92 Å². The second-order valence-corrected chi connectivity index (χ2v) is 4.42. The Bertz CT molecular complexity index is 223. The Hall–Kier alpha value is -0.860. The minimum absolute atomic E-state index is 0.0266. The summed E-state index contributed by atoms with van der Waals surface area (Å²) in [5.74, 6) is -0.898. The predicted octanol–water partition coefficient (Wildman–Crippen LogP) is 2.78. The maximum atomic E-state index is 11.7. The molecule has 1 atom stereocenters. The summed E-state index contributed by atoms with van der Waals surface area (Å²) in [6, 6.07) is 0. The number of carbonyl (C=O) groups excluding carboxylic acids is 1. The molecule has 1 saturated carbocycles. The van der Waals surface area contributed by atoms with Crippen molar-refractivity contribution in [2.75, 3.05) is 0 Å². The van der Waals surface area contributed by atoms with Crippen LogP contribution in [0, 0.1) is 5.92 Å². The molecule has 1 aliphatic rings. The summed E-state index contributed by atoms with van der Waals surface area (Å²) < 4.78 is 0. The molecule has 15 heavy (non-hydrogen) atoms. The average Bonchev–Trinajstić information content (AvgIpc) is 2.19. The minimum atomic E-state index is -0.842. The molecule has 0 amide bonds. The van der Waals surface area contributed by atoms with Gasteiger partial charge >= 0.3 is 5.97 Å². The van der Waals surface area contributed by atoms with Crippen molar-refractivity contribution >= 4 is 11.8 Å². The maximum absolute atomic E-state index is 11.7. The van der Waals surface area contributed by atoms with Crippen molar-refractivity contribution in [1.82, 2.24) is 0 Å². The number of carboxylic acids is 1. The summed E-state index contributed by atoms with van der Waals surface area (Å²) in [6.07, 6.45) is 8.03. The molecule has 86 valence electrons. The van der Waals surface area contributed by atoms with E-state index in [9.17, 15) is 9.59 Å². The first kappa shape index (κ1) is 12.2. The number of rotatable bonds is 2. The third-order valence-corrected chi connectivity index (χ3v) is 3.10. The van der Waals surface area contributed by atoms with Crippen molar-refractivity contribution in [3.05, 3.63) is 0 Å². The van der Waals surface area contributed by atoms with E-state index in [0.717, 1.165) is 32.1 Å². The van der Waals surface area contributed by atoms with E-state index >= 15 is 0 Å². The van der Waals surface area contributed by atoms with E-state index in [0.29, 0.717) is 6.42 Å². The zero-order valence-corrected chi connectivity index (χ0v) is 9.21. The Labute approximate surface area is 90.9 Å². The van der Waals surface area contributed by atoms with E-state index in [1.807, 2.05) is 0 Å². The smallest absolute Gasteiger partial charge is 0.304 e. The fourth-order valence-electron chi connectivity index (χ4n) is 2.19. The quantitative estimate of drug-likeness (QED) is 0.765. The van der Waals surface area contributed by atoms with Gasteiger partial charge in [-0.2, -0.15) is 0 Å². The van der Waals surface area contributed by atoms with Crippen LogP contribution in [0.15, 0.2) is 0 Å². The lowest BCUT2D eigenvalue weighted by Gasteiger charge is -2.15. The third-order valence-electron chi connectivity index (χ3n) is 3.10. The molecule has 3 nitrogen and oxygen atoms in total. The highest BCUT2D eigenvalue weighted by Gasteiger charge is 2.21. The monoisotopic (exact) mass is 212 g/mol. The van der Waals surface area contributed by atoms with Crippen molar-refractivity contribution in [3.63, 3.8) is 0 Å². The molecule has 0 spiro atoms. The minimum Gasteiger partial charge on any atom is -0.481 e. The molecule has 0 saturated heterocycles. The van der Waals surface area contributed by atoms with Crippen LogP contribution < -0.4 is 0 Å². The van der Waals surface area contributed by atoms with Gasteiger partial charge < -0.3 is 5.11 Å².